The molecule has 1 saturated carbocycles. The monoisotopic (exact) mass is 466 g/mol. The number of rotatable bonds is 8. The van der Waals surface area contributed by atoms with Crippen molar-refractivity contribution in [3.63, 3.8) is 0 Å². The van der Waals surface area contributed by atoms with E-state index >= 15 is 0 Å². The number of carbonyl (C=O) groups excluding carboxylic acids is 1. The van der Waals surface area contributed by atoms with E-state index in [1.807, 2.05) is 0 Å². The Morgan fingerprint density at radius 2 is 1.87 bits per heavy atom. The summed E-state index contributed by atoms with van der Waals surface area (Å²) in [5.41, 5.74) is 5.45. The highest BCUT2D eigenvalue weighted by molar-refractivity contribution is 7.92. The van der Waals surface area contributed by atoms with Gasteiger partial charge in [-0.2, -0.15) is 0 Å². The van der Waals surface area contributed by atoms with Crippen LogP contribution in [-0.2, 0) is 10.0 Å². The van der Waals surface area contributed by atoms with E-state index in [0.29, 0.717) is 0 Å². The van der Waals surface area contributed by atoms with Gasteiger partial charge in [0.2, 0.25) is 5.91 Å². The maximum atomic E-state index is 13.9. The number of phenols is 1. The van der Waals surface area contributed by atoms with Crippen molar-refractivity contribution in [2.24, 2.45) is 11.7 Å². The molecule has 7 nitrogen and oxygen atoms in total. The van der Waals surface area contributed by atoms with E-state index in [2.05, 4.69) is 0 Å². The largest absolute Gasteiger partial charge is 0.506 e. The lowest BCUT2D eigenvalue weighted by Gasteiger charge is -2.39. The second-order valence-electron chi connectivity index (χ2n) is 7.80. The molecule has 0 aliphatic heterocycles. The van der Waals surface area contributed by atoms with Crippen LogP contribution in [0.5, 0.6) is 5.75 Å². The number of carbonyl (C=O) groups is 1. The molecule has 0 bridgehead atoms. The summed E-state index contributed by atoms with van der Waals surface area (Å²) in [6.07, 6.45) is 4.86. The van der Waals surface area contributed by atoms with Gasteiger partial charge in [0.15, 0.2) is 0 Å². The number of hydrogen-bond acceptors (Lipinski definition) is 5. The number of benzene rings is 2. The fraction of sp³-hybridized carbons (Fsp3) is 0.409. The third-order valence-electron chi connectivity index (χ3n) is 5.77. The predicted molar refractivity (Wildman–Crippen MR) is 120 cm³/mol. The van der Waals surface area contributed by atoms with Crippen LogP contribution in [-0.4, -0.2) is 37.2 Å². The van der Waals surface area contributed by atoms with Crippen LogP contribution in [0.2, 0.25) is 5.02 Å². The number of aliphatic hydroxyl groups excluding tert-OH is 1. The maximum Gasteiger partial charge on any atom is 0.264 e. The molecule has 1 aliphatic carbocycles. The van der Waals surface area contributed by atoms with E-state index in [0.717, 1.165) is 32.1 Å². The molecule has 2 aromatic rings. The van der Waals surface area contributed by atoms with E-state index in [1.165, 1.54) is 46.8 Å². The van der Waals surface area contributed by atoms with Gasteiger partial charge in [0, 0.05) is 17.2 Å². The molecule has 31 heavy (non-hydrogen) atoms. The highest BCUT2D eigenvalue weighted by Crippen LogP contribution is 2.40. The molecule has 1 unspecified atom stereocenters. The van der Waals surface area contributed by atoms with E-state index < -0.39 is 22.0 Å². The number of hydrogen-bond donors (Lipinski definition) is 3. The molecule has 3 rings (SSSR count). The molecule has 1 aliphatic rings. The van der Waals surface area contributed by atoms with E-state index in [-0.39, 0.29) is 45.9 Å². The van der Waals surface area contributed by atoms with E-state index in [9.17, 15) is 23.4 Å². The number of aromatic hydroxyl groups is 1. The molecule has 0 radical (unpaired) electrons. The van der Waals surface area contributed by atoms with E-state index in [4.69, 9.17) is 17.3 Å². The minimum absolute atomic E-state index is 0.00776. The number of sulfonamides is 1. The minimum Gasteiger partial charge on any atom is -0.506 e. The van der Waals surface area contributed by atoms with Gasteiger partial charge < -0.3 is 15.9 Å². The van der Waals surface area contributed by atoms with Crippen molar-refractivity contribution >= 4 is 33.2 Å². The summed E-state index contributed by atoms with van der Waals surface area (Å²) in [6, 6.07) is 9.13. The fourth-order valence-electron chi connectivity index (χ4n) is 4.28. The lowest BCUT2D eigenvalue weighted by molar-refractivity contribution is 0.1000. The van der Waals surface area contributed by atoms with Gasteiger partial charge in [0.25, 0.3) is 10.0 Å². The van der Waals surface area contributed by atoms with Crippen LogP contribution in [0, 0.1) is 5.92 Å². The van der Waals surface area contributed by atoms with Crippen LogP contribution >= 0.6 is 11.6 Å². The van der Waals surface area contributed by atoms with Gasteiger partial charge in [-0.15, -0.1) is 0 Å². The molecule has 1 amide bonds. The Kier molecular flexibility index (Phi) is 7.46. The Labute approximate surface area is 187 Å². The molecule has 1 fully saturated rings. The number of nitrogens with zero attached hydrogens (tertiary/aromatic N) is 1. The molecular weight excluding hydrogens is 440 g/mol. The smallest absolute Gasteiger partial charge is 0.264 e. The molecule has 1 atom stereocenters. The van der Waals surface area contributed by atoms with E-state index in [1.54, 1.807) is 0 Å². The first-order valence-corrected chi connectivity index (χ1v) is 12.1. The standard InChI is InChI=1S/C22H27ClN2O5S/c23-17-9-10-21(27)20(14-17)25(19(11-12-26)15-5-2-1-3-6-15)31(29,30)18-8-4-7-16(13-18)22(24)28/h4,7-10,13-15,19,26-27H,1-3,5-6,11-12H2,(H2,24,28). The average Bonchev–Trinajstić information content (AvgIpc) is 2.76. The van der Waals surface area contributed by atoms with Crippen molar-refractivity contribution in [2.75, 3.05) is 10.9 Å². The fourth-order valence-corrected chi connectivity index (χ4v) is 6.24. The molecule has 0 saturated heterocycles. The summed E-state index contributed by atoms with van der Waals surface area (Å²) in [5, 5.41) is 20.6. The van der Waals surface area contributed by atoms with Gasteiger partial charge in [-0.3, -0.25) is 9.10 Å². The molecule has 2 aromatic carbocycles. The summed E-state index contributed by atoms with van der Waals surface area (Å²) in [7, 11) is -4.22. The maximum absolute atomic E-state index is 13.9. The Morgan fingerprint density at radius 1 is 1.16 bits per heavy atom. The lowest BCUT2D eigenvalue weighted by atomic mass is 9.82. The highest BCUT2D eigenvalue weighted by atomic mass is 35.5. The minimum atomic E-state index is -4.22. The number of primary amides is 1. The van der Waals surface area contributed by atoms with Crippen LogP contribution in [0.1, 0.15) is 48.9 Å². The van der Waals surface area contributed by atoms with Crippen molar-refractivity contribution < 1.29 is 23.4 Å². The number of aliphatic hydroxyl groups is 1. The summed E-state index contributed by atoms with van der Waals surface area (Å²) in [4.78, 5) is 11.5. The number of anilines is 1. The Bertz CT molecular complexity index is 1040. The Balaban J connectivity index is 2.20. The summed E-state index contributed by atoms with van der Waals surface area (Å²) < 4.78 is 28.9. The van der Waals surface area contributed by atoms with Crippen molar-refractivity contribution in [3.05, 3.63) is 53.1 Å². The number of halogens is 1. The van der Waals surface area contributed by atoms with Gasteiger partial charge in [0.1, 0.15) is 5.75 Å². The molecule has 168 valence electrons. The van der Waals surface area contributed by atoms with Crippen molar-refractivity contribution in [1.29, 1.82) is 0 Å². The first-order chi connectivity index (χ1) is 14.8. The van der Waals surface area contributed by atoms with Crippen LogP contribution < -0.4 is 10.0 Å². The molecule has 0 heterocycles. The van der Waals surface area contributed by atoms with Crippen LogP contribution in [0.4, 0.5) is 5.69 Å². The third kappa shape index (κ3) is 5.14. The Morgan fingerprint density at radius 3 is 2.52 bits per heavy atom. The van der Waals surface area contributed by atoms with Crippen molar-refractivity contribution in [1.82, 2.24) is 0 Å². The lowest BCUT2D eigenvalue weighted by Crippen LogP contribution is -2.46. The van der Waals surface area contributed by atoms with Crippen molar-refractivity contribution in [2.45, 2.75) is 49.5 Å². The first kappa shape index (κ1) is 23.4. The molecule has 9 heteroatoms. The predicted octanol–water partition coefficient (Wildman–Crippen LogP) is 3.67. The van der Waals surface area contributed by atoms with Crippen LogP contribution in [0.15, 0.2) is 47.4 Å². The van der Waals surface area contributed by atoms with Gasteiger partial charge in [-0.1, -0.05) is 36.9 Å². The van der Waals surface area contributed by atoms with Gasteiger partial charge in [-0.25, -0.2) is 8.42 Å². The molecular formula is C22H27ClN2O5S. The van der Waals surface area contributed by atoms with Gasteiger partial charge >= 0.3 is 0 Å². The summed E-state index contributed by atoms with van der Waals surface area (Å²) in [5.74, 6) is -0.973. The van der Waals surface area contributed by atoms with Crippen molar-refractivity contribution in [3.8, 4) is 5.75 Å². The van der Waals surface area contributed by atoms with Crippen LogP contribution in [0.25, 0.3) is 0 Å². The topological polar surface area (TPSA) is 121 Å². The second kappa shape index (κ2) is 9.89. The zero-order valence-corrected chi connectivity index (χ0v) is 18.6. The third-order valence-corrected chi connectivity index (χ3v) is 7.84. The highest BCUT2D eigenvalue weighted by Gasteiger charge is 2.38. The average molecular weight is 467 g/mol. The second-order valence-corrected chi connectivity index (χ2v) is 10.1. The number of nitrogens with two attached hydrogens (primary N) is 1. The zero-order chi connectivity index (χ0) is 22.6. The van der Waals surface area contributed by atoms with Gasteiger partial charge in [-0.05, 0) is 61.6 Å². The van der Waals surface area contributed by atoms with Crippen LogP contribution in [0.3, 0.4) is 0 Å². The number of amides is 1. The zero-order valence-electron chi connectivity index (χ0n) is 17.1. The molecule has 4 N–H and O–H groups in total. The number of phenolic OH excluding ortho intramolecular Hbond substituents is 1. The first-order valence-electron chi connectivity index (χ1n) is 10.3. The summed E-state index contributed by atoms with van der Waals surface area (Å²) >= 11 is 6.15. The summed E-state index contributed by atoms with van der Waals surface area (Å²) in [6.45, 7) is -0.212. The SMILES string of the molecule is NC(=O)c1cccc(S(=O)(=O)N(c2cc(Cl)ccc2O)C(CCO)C2CCCCC2)c1. The normalized spacial score (nSPS) is 16.1. The quantitative estimate of drug-likeness (QED) is 0.548. The molecule has 0 spiro atoms. The van der Waals surface area contributed by atoms with Gasteiger partial charge in [0.05, 0.1) is 16.6 Å². The molecule has 0 aromatic heterocycles. The Hall–Kier alpha value is -2.29.